The van der Waals surface area contributed by atoms with Gasteiger partial charge in [-0.25, -0.2) is 4.79 Å². The number of hydrogen-bond acceptors (Lipinski definition) is 4. The Morgan fingerprint density at radius 3 is 2.32 bits per heavy atom. The third-order valence-electron chi connectivity index (χ3n) is 4.46. The summed E-state index contributed by atoms with van der Waals surface area (Å²) in [6.45, 7) is 4.30. The molecular weight excluding hydrogens is 322 g/mol. The Morgan fingerprint density at radius 1 is 1.16 bits per heavy atom. The maximum Gasteiger partial charge on any atom is 0.314 e. The molecule has 2 rings (SSSR count). The summed E-state index contributed by atoms with van der Waals surface area (Å²) in [5.41, 5.74) is 6.20. The Morgan fingerprint density at radius 2 is 1.76 bits per heavy atom. The summed E-state index contributed by atoms with van der Waals surface area (Å²) in [7, 11) is 0. The van der Waals surface area contributed by atoms with E-state index in [9.17, 15) is 14.4 Å². The first-order valence-electron chi connectivity index (χ1n) is 8.48. The molecular formula is C18H25N3O4. The average molecular weight is 347 g/mol. The van der Waals surface area contributed by atoms with Crippen molar-refractivity contribution in [2.75, 3.05) is 13.1 Å². The van der Waals surface area contributed by atoms with Crippen molar-refractivity contribution >= 4 is 17.9 Å². The maximum absolute atomic E-state index is 12.2. The highest BCUT2D eigenvalue weighted by atomic mass is 16.5. The van der Waals surface area contributed by atoms with Gasteiger partial charge in [0.05, 0.1) is 12.0 Å². The van der Waals surface area contributed by atoms with E-state index in [1.165, 1.54) is 4.90 Å². The van der Waals surface area contributed by atoms with E-state index in [0.29, 0.717) is 25.9 Å². The number of esters is 1. The number of nitrogens with two attached hydrogens (primary N) is 1. The molecule has 7 heteroatoms. The molecule has 1 aromatic rings. The van der Waals surface area contributed by atoms with Crippen LogP contribution < -0.4 is 11.1 Å². The summed E-state index contributed by atoms with van der Waals surface area (Å²) in [5.74, 6) is -1.05. The van der Waals surface area contributed by atoms with Gasteiger partial charge in [-0.3, -0.25) is 9.59 Å². The summed E-state index contributed by atoms with van der Waals surface area (Å²) in [6.07, 6.45) is 0.125. The van der Waals surface area contributed by atoms with Gasteiger partial charge < -0.3 is 20.7 Å². The van der Waals surface area contributed by atoms with Crippen molar-refractivity contribution in [3.63, 3.8) is 0 Å². The van der Waals surface area contributed by atoms with Crippen molar-refractivity contribution in [3.8, 4) is 0 Å². The predicted octanol–water partition coefficient (Wildman–Crippen LogP) is 1.59. The number of benzene rings is 1. The molecule has 1 aromatic carbocycles. The minimum absolute atomic E-state index is 0.173. The molecule has 0 spiro atoms. The third kappa shape index (κ3) is 5.20. The number of nitrogens with one attached hydrogen (secondary N) is 1. The van der Waals surface area contributed by atoms with Crippen LogP contribution in [0.15, 0.2) is 30.3 Å². The van der Waals surface area contributed by atoms with Gasteiger partial charge >= 0.3 is 12.0 Å². The molecule has 1 aliphatic heterocycles. The Kier molecular flexibility index (Phi) is 6.38. The molecule has 0 aliphatic carbocycles. The van der Waals surface area contributed by atoms with Crippen LogP contribution in [0.3, 0.4) is 0 Å². The van der Waals surface area contributed by atoms with E-state index in [-0.39, 0.29) is 17.9 Å². The minimum atomic E-state index is -0.868. The molecule has 2 unspecified atom stereocenters. The topological polar surface area (TPSA) is 102 Å². The first kappa shape index (κ1) is 18.8. The van der Waals surface area contributed by atoms with Crippen LogP contribution in [-0.2, 0) is 14.3 Å². The second kappa shape index (κ2) is 8.50. The van der Waals surface area contributed by atoms with Crippen molar-refractivity contribution in [2.45, 2.75) is 38.8 Å². The fraction of sp³-hybridized carbons (Fsp3) is 0.500. The molecule has 136 valence electrons. The summed E-state index contributed by atoms with van der Waals surface area (Å²) in [5, 5.41) is 2.84. The lowest BCUT2D eigenvalue weighted by Crippen LogP contribution is -2.44. The largest absolute Gasteiger partial charge is 0.452 e. The first-order chi connectivity index (χ1) is 11.9. The highest BCUT2D eigenvalue weighted by Crippen LogP contribution is 2.19. The zero-order valence-electron chi connectivity index (χ0n) is 14.6. The molecule has 0 saturated carbocycles. The van der Waals surface area contributed by atoms with E-state index in [4.69, 9.17) is 10.5 Å². The number of hydrogen-bond donors (Lipinski definition) is 2. The van der Waals surface area contributed by atoms with Gasteiger partial charge in [-0.15, -0.1) is 0 Å². The minimum Gasteiger partial charge on any atom is -0.452 e. The number of rotatable bonds is 5. The van der Waals surface area contributed by atoms with Gasteiger partial charge in [-0.1, -0.05) is 30.3 Å². The molecule has 0 radical (unpaired) electrons. The molecule has 1 fully saturated rings. The predicted molar refractivity (Wildman–Crippen MR) is 92.4 cm³/mol. The second-order valence-electron chi connectivity index (χ2n) is 6.32. The van der Waals surface area contributed by atoms with Crippen LogP contribution in [0.5, 0.6) is 0 Å². The highest BCUT2D eigenvalue weighted by molar-refractivity contribution is 5.84. The number of urea groups is 1. The Balaban J connectivity index is 1.80. The lowest BCUT2D eigenvalue weighted by Gasteiger charge is -2.30. The molecule has 3 amide bonds. The normalized spacial score (nSPS) is 17.4. The standard InChI is InChI=1S/C18H25N3O4/c1-12(14-6-4-3-5-7-14)20-16(22)13(2)25-17(23)15-8-10-21(11-9-15)18(19)24/h3-7,12-13,15H,8-11H2,1-2H3,(H2,19,24)(H,20,22). The quantitative estimate of drug-likeness (QED) is 0.790. The summed E-state index contributed by atoms with van der Waals surface area (Å²) >= 11 is 0. The van der Waals surface area contributed by atoms with Crippen LogP contribution in [0.2, 0.25) is 0 Å². The maximum atomic E-state index is 12.2. The van der Waals surface area contributed by atoms with E-state index in [2.05, 4.69) is 5.32 Å². The Bertz CT molecular complexity index is 612. The molecule has 1 saturated heterocycles. The first-order valence-corrected chi connectivity index (χ1v) is 8.48. The van der Waals surface area contributed by atoms with Crippen molar-refractivity contribution < 1.29 is 19.1 Å². The molecule has 0 aromatic heterocycles. The lowest BCUT2D eigenvalue weighted by atomic mass is 9.97. The van der Waals surface area contributed by atoms with Crippen LogP contribution in [0.1, 0.15) is 38.3 Å². The van der Waals surface area contributed by atoms with E-state index < -0.39 is 18.1 Å². The molecule has 3 N–H and O–H groups in total. The SMILES string of the molecule is CC(OC(=O)C1CCN(C(N)=O)CC1)C(=O)NC(C)c1ccccc1. The number of ether oxygens (including phenoxy) is 1. The number of amides is 3. The van der Waals surface area contributed by atoms with Gasteiger partial charge in [-0.05, 0) is 32.3 Å². The molecule has 2 atom stereocenters. The highest BCUT2D eigenvalue weighted by Gasteiger charge is 2.30. The number of primary amides is 1. The van der Waals surface area contributed by atoms with Crippen molar-refractivity contribution in [2.24, 2.45) is 11.7 Å². The van der Waals surface area contributed by atoms with E-state index >= 15 is 0 Å². The molecule has 1 heterocycles. The fourth-order valence-corrected chi connectivity index (χ4v) is 2.82. The number of nitrogens with zero attached hydrogens (tertiary/aromatic N) is 1. The fourth-order valence-electron chi connectivity index (χ4n) is 2.82. The number of likely N-dealkylation sites (tertiary alicyclic amines) is 1. The van der Waals surface area contributed by atoms with E-state index in [1.54, 1.807) is 6.92 Å². The zero-order chi connectivity index (χ0) is 18.4. The third-order valence-corrected chi connectivity index (χ3v) is 4.46. The van der Waals surface area contributed by atoms with Gasteiger partial charge in [-0.2, -0.15) is 0 Å². The average Bonchev–Trinajstić information content (AvgIpc) is 2.62. The summed E-state index contributed by atoms with van der Waals surface area (Å²) in [4.78, 5) is 37.0. The number of piperidine rings is 1. The second-order valence-corrected chi connectivity index (χ2v) is 6.32. The molecule has 25 heavy (non-hydrogen) atoms. The van der Waals surface area contributed by atoms with Gasteiger partial charge in [0.1, 0.15) is 0 Å². The summed E-state index contributed by atoms with van der Waals surface area (Å²) < 4.78 is 5.30. The molecule has 7 nitrogen and oxygen atoms in total. The van der Waals surface area contributed by atoms with Crippen molar-refractivity contribution in [3.05, 3.63) is 35.9 Å². The number of carbonyl (C=O) groups excluding carboxylic acids is 3. The van der Waals surface area contributed by atoms with Gasteiger partial charge in [0, 0.05) is 13.1 Å². The number of carbonyl (C=O) groups is 3. The van der Waals surface area contributed by atoms with Crippen LogP contribution in [0, 0.1) is 5.92 Å². The van der Waals surface area contributed by atoms with Gasteiger partial charge in [0.2, 0.25) is 0 Å². The lowest BCUT2D eigenvalue weighted by molar-refractivity contribution is -0.160. The smallest absolute Gasteiger partial charge is 0.314 e. The van der Waals surface area contributed by atoms with Crippen LogP contribution in [-0.4, -0.2) is 42.0 Å². The summed E-state index contributed by atoms with van der Waals surface area (Å²) in [6, 6.07) is 8.91. The molecule has 1 aliphatic rings. The zero-order valence-corrected chi connectivity index (χ0v) is 14.6. The van der Waals surface area contributed by atoms with Crippen LogP contribution >= 0.6 is 0 Å². The van der Waals surface area contributed by atoms with Gasteiger partial charge in [0.25, 0.3) is 5.91 Å². The molecule has 0 bridgehead atoms. The Labute approximate surface area is 147 Å². The monoisotopic (exact) mass is 347 g/mol. The van der Waals surface area contributed by atoms with Crippen LogP contribution in [0.25, 0.3) is 0 Å². The van der Waals surface area contributed by atoms with E-state index in [0.717, 1.165) is 5.56 Å². The van der Waals surface area contributed by atoms with Crippen LogP contribution in [0.4, 0.5) is 4.79 Å². The van der Waals surface area contributed by atoms with Gasteiger partial charge in [0.15, 0.2) is 6.10 Å². The van der Waals surface area contributed by atoms with Crippen molar-refractivity contribution in [1.29, 1.82) is 0 Å². The Hall–Kier alpha value is -2.57. The van der Waals surface area contributed by atoms with Crippen molar-refractivity contribution in [1.82, 2.24) is 10.2 Å². The van der Waals surface area contributed by atoms with E-state index in [1.807, 2.05) is 37.3 Å².